The maximum Gasteiger partial charge on any atom is -0.109 e. The van der Waals surface area contributed by atoms with Crippen LogP contribution in [-0.2, 0) is 41.5 Å². The van der Waals surface area contributed by atoms with Crippen molar-refractivity contribution in [1.29, 1.82) is 0 Å². The van der Waals surface area contributed by atoms with Crippen LogP contribution < -0.4 is 0 Å². The van der Waals surface area contributed by atoms with Crippen molar-refractivity contribution in [3.63, 3.8) is 0 Å². The Morgan fingerprint density at radius 1 is 0.690 bits per heavy atom. The van der Waals surface area contributed by atoms with Gasteiger partial charge >= 0.3 is 112 Å². The molecular formula is C41H44Zr. The molecule has 6 rings (SSSR count). The van der Waals surface area contributed by atoms with E-state index in [2.05, 4.69) is 152 Å². The van der Waals surface area contributed by atoms with Crippen LogP contribution in [0.15, 0.2) is 97.1 Å². The van der Waals surface area contributed by atoms with Crippen LogP contribution in [0, 0.1) is 26.0 Å². The Morgan fingerprint density at radius 3 is 1.69 bits per heavy atom. The third kappa shape index (κ3) is 8.35. The summed E-state index contributed by atoms with van der Waals surface area (Å²) in [5.41, 5.74) is 14.1. The summed E-state index contributed by atoms with van der Waals surface area (Å²) >= 11 is 1.46. The standard InChI is InChI=1S/C21H25.C15H14.C5H5.Zr/c1-20(2,3)16-9-7-14-11-15-8-10-17(21(4,5)6)13-19(15)18(14)12-16;1-12-3-7-14(8-4-12)11-15-9-5-13(2)6-10-15;1-2-4-5-3-1;/h7,9-10,12-13H,11H2,1-6H3;3-10H,1-2H3;1-3H,4H2;/q-1;;-1;+2. The monoisotopic (exact) mass is 626 g/mol. The van der Waals surface area contributed by atoms with E-state index in [0.29, 0.717) is 0 Å². The fourth-order valence-corrected chi connectivity index (χ4v) is 5.75. The third-order valence-corrected chi connectivity index (χ3v) is 9.21. The molecule has 4 aromatic carbocycles. The molecule has 0 N–H and O–H groups in total. The fraction of sp³-hybridized carbons (Fsp3) is 0.293. The van der Waals surface area contributed by atoms with E-state index in [0.717, 1.165) is 12.8 Å². The molecular weight excluding hydrogens is 584 g/mol. The molecule has 4 aromatic rings. The summed E-state index contributed by atoms with van der Waals surface area (Å²) < 4.78 is 1.42. The molecule has 0 aromatic heterocycles. The van der Waals surface area contributed by atoms with E-state index in [1.807, 2.05) is 12.2 Å². The maximum absolute atomic E-state index is 3.53. The van der Waals surface area contributed by atoms with E-state index in [-0.39, 0.29) is 10.8 Å². The van der Waals surface area contributed by atoms with Gasteiger partial charge in [0.15, 0.2) is 0 Å². The van der Waals surface area contributed by atoms with Gasteiger partial charge in [-0.1, -0.05) is 76.3 Å². The van der Waals surface area contributed by atoms with Crippen LogP contribution in [-0.4, -0.2) is 3.21 Å². The molecule has 0 atom stereocenters. The van der Waals surface area contributed by atoms with Crippen LogP contribution in [0.4, 0.5) is 0 Å². The van der Waals surface area contributed by atoms with E-state index in [4.69, 9.17) is 0 Å². The molecule has 0 unspecified atom stereocenters. The Hall–Kier alpha value is -2.89. The van der Waals surface area contributed by atoms with Crippen molar-refractivity contribution in [2.24, 2.45) is 0 Å². The minimum absolute atomic E-state index is 0.177. The molecule has 0 saturated carbocycles. The average Bonchev–Trinajstić information content (AvgIpc) is 3.64. The number of aryl methyl sites for hydroxylation is 2. The number of allylic oxidation sites excluding steroid dienone is 4. The zero-order valence-electron chi connectivity index (χ0n) is 26.7. The Bertz CT molecular complexity index is 1460. The Labute approximate surface area is 269 Å². The molecule has 0 aliphatic heterocycles. The molecule has 0 radical (unpaired) electrons. The van der Waals surface area contributed by atoms with Crippen molar-refractivity contribution in [3.05, 3.63) is 154 Å². The van der Waals surface area contributed by atoms with Crippen LogP contribution in [0.25, 0.3) is 11.1 Å². The summed E-state index contributed by atoms with van der Waals surface area (Å²) in [6, 6.07) is 32.6. The summed E-state index contributed by atoms with van der Waals surface area (Å²) in [6.07, 6.45) is 11.0. The summed E-state index contributed by atoms with van der Waals surface area (Å²) in [5.74, 6) is 0. The molecule has 0 amide bonds. The second-order valence-electron chi connectivity index (χ2n) is 13.4. The average molecular weight is 628 g/mol. The van der Waals surface area contributed by atoms with Crippen LogP contribution in [0.1, 0.15) is 92.5 Å². The number of benzene rings is 4. The van der Waals surface area contributed by atoms with Gasteiger partial charge in [0.05, 0.1) is 0 Å². The molecule has 0 heterocycles. The van der Waals surface area contributed by atoms with Crippen molar-refractivity contribution in [2.45, 2.75) is 79.1 Å². The van der Waals surface area contributed by atoms with E-state index in [9.17, 15) is 0 Å². The summed E-state index contributed by atoms with van der Waals surface area (Å²) in [6.45, 7) is 17.9. The van der Waals surface area contributed by atoms with Gasteiger partial charge < -0.3 is 0 Å². The largest absolute Gasteiger partial charge is 0.273 e. The van der Waals surface area contributed by atoms with Crippen molar-refractivity contribution in [2.75, 3.05) is 0 Å². The Kier molecular flexibility index (Phi) is 10.4. The molecule has 0 fully saturated rings. The summed E-state index contributed by atoms with van der Waals surface area (Å²) in [4.78, 5) is 0. The van der Waals surface area contributed by atoms with Gasteiger partial charge in [-0.2, -0.15) is 35.4 Å². The van der Waals surface area contributed by atoms with Crippen LogP contribution in [0.2, 0.25) is 0 Å². The molecule has 2 aliphatic rings. The fourth-order valence-electron chi connectivity index (χ4n) is 4.93. The molecule has 212 valence electrons. The second kappa shape index (κ2) is 13.6. The van der Waals surface area contributed by atoms with Gasteiger partial charge in [0.1, 0.15) is 0 Å². The first kappa shape index (κ1) is 32.0. The molecule has 0 spiro atoms. The van der Waals surface area contributed by atoms with Gasteiger partial charge in [0.2, 0.25) is 0 Å². The number of rotatable bonds is 2. The third-order valence-electron chi connectivity index (χ3n) is 7.79. The van der Waals surface area contributed by atoms with Crippen molar-refractivity contribution >= 4 is 3.21 Å². The van der Waals surface area contributed by atoms with Crippen LogP contribution >= 0.6 is 0 Å². The molecule has 0 saturated heterocycles. The van der Waals surface area contributed by atoms with E-state index in [1.165, 1.54) is 83.1 Å². The second-order valence-corrected chi connectivity index (χ2v) is 14.7. The van der Waals surface area contributed by atoms with E-state index < -0.39 is 0 Å². The van der Waals surface area contributed by atoms with Gasteiger partial charge in [-0.25, -0.2) is 12.2 Å². The number of hydrogen-bond donors (Lipinski definition) is 0. The Balaban J connectivity index is 0.000000170. The molecule has 0 bridgehead atoms. The van der Waals surface area contributed by atoms with Crippen LogP contribution in [0.3, 0.4) is 0 Å². The normalized spacial score (nSPS) is 13.0. The van der Waals surface area contributed by atoms with Crippen molar-refractivity contribution < 1.29 is 24.2 Å². The van der Waals surface area contributed by atoms with Gasteiger partial charge in [0, 0.05) is 0 Å². The molecule has 2 aliphatic carbocycles. The zero-order chi connectivity index (χ0) is 30.5. The van der Waals surface area contributed by atoms with Gasteiger partial charge in [-0.05, 0) is 17.4 Å². The molecule has 0 nitrogen and oxygen atoms in total. The maximum atomic E-state index is 3.53. The minimum Gasteiger partial charge on any atom is -0.273 e. The Morgan fingerprint density at radius 2 is 1.24 bits per heavy atom. The summed E-state index contributed by atoms with van der Waals surface area (Å²) in [5, 5.41) is 0. The van der Waals surface area contributed by atoms with Gasteiger partial charge in [-0.3, -0.25) is 6.08 Å². The van der Waals surface area contributed by atoms with Gasteiger partial charge in [0.25, 0.3) is 0 Å². The van der Waals surface area contributed by atoms with E-state index >= 15 is 0 Å². The molecule has 42 heavy (non-hydrogen) atoms. The SMILES string of the molecule is CC(C)(C)c1c[c-]c2c(c1)-c1cc(C(C)(C)C)ccc1C2.Cc1ccc([C](=[Zr+2])c2ccc(C)cc2)cc1.[C-]1=CC=CC1. The number of hydrogen-bond acceptors (Lipinski definition) is 0. The van der Waals surface area contributed by atoms with Gasteiger partial charge in [-0.15, -0.1) is 12.0 Å². The van der Waals surface area contributed by atoms with Crippen molar-refractivity contribution in [3.8, 4) is 11.1 Å². The first-order valence-corrected chi connectivity index (χ1v) is 16.2. The zero-order valence-corrected chi connectivity index (χ0v) is 29.1. The first-order chi connectivity index (χ1) is 19.8. The number of fused-ring (bicyclic) bond motifs is 3. The summed E-state index contributed by atoms with van der Waals surface area (Å²) in [7, 11) is 0. The quantitative estimate of drug-likeness (QED) is 0.171. The topological polar surface area (TPSA) is 0 Å². The smallest absolute Gasteiger partial charge is 0.109 e. The van der Waals surface area contributed by atoms with Crippen molar-refractivity contribution in [1.82, 2.24) is 0 Å². The van der Waals surface area contributed by atoms with Crippen LogP contribution in [0.5, 0.6) is 0 Å². The van der Waals surface area contributed by atoms with E-state index in [1.54, 1.807) is 0 Å². The predicted octanol–water partition coefficient (Wildman–Crippen LogP) is 10.4. The first-order valence-electron chi connectivity index (χ1n) is 15.0. The predicted molar refractivity (Wildman–Crippen MR) is 178 cm³/mol. The molecule has 1 heteroatoms. The minimum atomic E-state index is 0.177.